The average Bonchev–Trinajstić information content (AvgIpc) is 2.59. The molecule has 27 heavy (non-hydrogen) atoms. The Bertz CT molecular complexity index is 1320. The van der Waals surface area contributed by atoms with Gasteiger partial charge in [0, 0.05) is 21.9 Å². The van der Waals surface area contributed by atoms with Gasteiger partial charge in [0.2, 0.25) is 0 Å². The largest absolute Gasteiger partial charge is 0.423 e. The minimum atomic E-state index is -4.76. The predicted molar refractivity (Wildman–Crippen MR) is 94.0 cm³/mol. The van der Waals surface area contributed by atoms with Crippen molar-refractivity contribution in [2.45, 2.75) is 6.18 Å². The Balaban J connectivity index is 2.01. The zero-order chi connectivity index (χ0) is 19.3. The van der Waals surface area contributed by atoms with E-state index in [1.165, 1.54) is 24.3 Å². The van der Waals surface area contributed by atoms with E-state index in [0.29, 0.717) is 22.1 Å². The minimum Gasteiger partial charge on any atom is -0.423 e. The Morgan fingerprint density at radius 2 is 1.59 bits per heavy atom. The van der Waals surface area contributed by atoms with Gasteiger partial charge in [0.05, 0.1) is 11.1 Å². The van der Waals surface area contributed by atoms with Crippen LogP contribution < -0.4 is 11.3 Å². The van der Waals surface area contributed by atoms with Crippen LogP contribution in [-0.4, -0.2) is 0 Å². The standard InChI is InChI=1S/C19H8ClF3O4/c20-11-2-4-15-10(5-11)7-12(18(25)27-15)9-1-3-16-13(6-9)14(19(21,22)23)8-17(24)26-16/h1-8H. The van der Waals surface area contributed by atoms with Gasteiger partial charge in [-0.2, -0.15) is 13.2 Å². The molecule has 0 bridgehead atoms. The fourth-order valence-corrected chi connectivity index (χ4v) is 3.04. The van der Waals surface area contributed by atoms with Crippen molar-refractivity contribution in [1.29, 1.82) is 0 Å². The fraction of sp³-hybridized carbons (Fsp3) is 0.0526. The van der Waals surface area contributed by atoms with Gasteiger partial charge in [-0.3, -0.25) is 0 Å². The van der Waals surface area contributed by atoms with E-state index >= 15 is 0 Å². The van der Waals surface area contributed by atoms with Crippen molar-refractivity contribution >= 4 is 33.5 Å². The highest BCUT2D eigenvalue weighted by atomic mass is 35.5. The summed E-state index contributed by atoms with van der Waals surface area (Å²) in [7, 11) is 0. The quantitative estimate of drug-likeness (QED) is 0.416. The van der Waals surface area contributed by atoms with E-state index in [2.05, 4.69) is 0 Å². The summed E-state index contributed by atoms with van der Waals surface area (Å²) >= 11 is 5.93. The maximum Gasteiger partial charge on any atom is 0.417 e. The first kappa shape index (κ1) is 17.4. The van der Waals surface area contributed by atoms with Crippen LogP contribution in [-0.2, 0) is 6.18 Å². The summed E-state index contributed by atoms with van der Waals surface area (Å²) in [5.41, 5.74) is -2.63. The summed E-state index contributed by atoms with van der Waals surface area (Å²) in [6.07, 6.45) is -4.76. The highest BCUT2D eigenvalue weighted by Crippen LogP contribution is 2.35. The third-order valence-electron chi connectivity index (χ3n) is 4.05. The maximum absolute atomic E-state index is 13.3. The molecule has 0 aliphatic heterocycles. The molecule has 136 valence electrons. The van der Waals surface area contributed by atoms with Crippen molar-refractivity contribution < 1.29 is 22.0 Å². The van der Waals surface area contributed by atoms with Crippen LogP contribution >= 0.6 is 11.6 Å². The Hall–Kier alpha value is -3.06. The van der Waals surface area contributed by atoms with Gasteiger partial charge in [-0.15, -0.1) is 0 Å². The van der Waals surface area contributed by atoms with Crippen LogP contribution in [0.3, 0.4) is 0 Å². The number of benzene rings is 2. The molecule has 0 aliphatic rings. The number of halogens is 4. The van der Waals surface area contributed by atoms with Gasteiger partial charge in [-0.25, -0.2) is 9.59 Å². The monoisotopic (exact) mass is 392 g/mol. The lowest BCUT2D eigenvalue weighted by atomic mass is 10.0. The molecular weight excluding hydrogens is 385 g/mol. The molecule has 0 saturated carbocycles. The molecule has 8 heteroatoms. The normalized spacial score (nSPS) is 12.0. The Morgan fingerprint density at radius 3 is 2.33 bits per heavy atom. The molecule has 4 aromatic rings. The van der Waals surface area contributed by atoms with Crippen LogP contribution in [0.15, 0.2) is 67.0 Å². The molecule has 4 rings (SSSR count). The average molecular weight is 393 g/mol. The Kier molecular flexibility index (Phi) is 3.85. The summed E-state index contributed by atoms with van der Waals surface area (Å²) in [5, 5.41) is 0.611. The molecule has 0 N–H and O–H groups in total. The van der Waals surface area contributed by atoms with Crippen LogP contribution in [0.5, 0.6) is 0 Å². The van der Waals surface area contributed by atoms with Crippen LogP contribution in [0.2, 0.25) is 5.02 Å². The topological polar surface area (TPSA) is 60.4 Å². The van der Waals surface area contributed by atoms with E-state index in [1.54, 1.807) is 12.1 Å². The van der Waals surface area contributed by atoms with Gasteiger partial charge in [0.25, 0.3) is 0 Å². The zero-order valence-electron chi connectivity index (χ0n) is 13.3. The molecular formula is C19H8ClF3O4. The van der Waals surface area contributed by atoms with Crippen LogP contribution in [0.1, 0.15) is 5.56 Å². The summed E-state index contributed by atoms with van der Waals surface area (Å²) in [6, 6.07) is 10.3. The number of hydrogen-bond donors (Lipinski definition) is 0. The van der Waals surface area contributed by atoms with E-state index in [4.69, 9.17) is 20.4 Å². The second kappa shape index (κ2) is 5.99. The lowest BCUT2D eigenvalue weighted by molar-refractivity contribution is -0.136. The molecule has 0 aliphatic carbocycles. The summed E-state index contributed by atoms with van der Waals surface area (Å²) in [4.78, 5) is 23.7. The molecule has 0 atom stereocenters. The number of alkyl halides is 3. The second-order valence-corrected chi connectivity index (χ2v) is 6.25. The second-order valence-electron chi connectivity index (χ2n) is 5.82. The van der Waals surface area contributed by atoms with Gasteiger partial charge in [-0.1, -0.05) is 17.7 Å². The number of hydrogen-bond acceptors (Lipinski definition) is 4. The molecule has 4 nitrogen and oxygen atoms in total. The smallest absolute Gasteiger partial charge is 0.417 e. The van der Waals surface area contributed by atoms with Gasteiger partial charge in [0.15, 0.2) is 0 Å². The summed E-state index contributed by atoms with van der Waals surface area (Å²) < 4.78 is 49.9. The maximum atomic E-state index is 13.3. The van der Waals surface area contributed by atoms with Crippen molar-refractivity contribution in [2.75, 3.05) is 0 Å². The number of rotatable bonds is 1. The third kappa shape index (κ3) is 3.10. The highest BCUT2D eigenvalue weighted by molar-refractivity contribution is 6.31. The SMILES string of the molecule is O=c1cc(C(F)(F)F)c2cc(-c3cc4cc(Cl)ccc4oc3=O)ccc2o1. The van der Waals surface area contributed by atoms with E-state index in [1.807, 2.05) is 0 Å². The lowest BCUT2D eigenvalue weighted by Crippen LogP contribution is -2.11. The molecule has 2 aromatic heterocycles. The van der Waals surface area contributed by atoms with Crippen molar-refractivity contribution in [3.63, 3.8) is 0 Å². The van der Waals surface area contributed by atoms with E-state index < -0.39 is 23.0 Å². The fourth-order valence-electron chi connectivity index (χ4n) is 2.86. The molecule has 0 unspecified atom stereocenters. The van der Waals surface area contributed by atoms with Gasteiger partial charge >= 0.3 is 17.4 Å². The van der Waals surface area contributed by atoms with E-state index in [-0.39, 0.29) is 22.1 Å². The summed E-state index contributed by atoms with van der Waals surface area (Å²) in [5.74, 6) is 0. The van der Waals surface area contributed by atoms with Crippen LogP contribution in [0, 0.1) is 0 Å². The number of fused-ring (bicyclic) bond motifs is 2. The molecule has 2 heterocycles. The van der Waals surface area contributed by atoms with Crippen molar-refractivity contribution in [3.8, 4) is 11.1 Å². The van der Waals surface area contributed by atoms with Gasteiger partial charge in [-0.05, 0) is 42.0 Å². The molecule has 0 saturated heterocycles. The first-order valence-corrected chi connectivity index (χ1v) is 7.99. The van der Waals surface area contributed by atoms with Gasteiger partial charge < -0.3 is 8.83 Å². The van der Waals surface area contributed by atoms with Crippen molar-refractivity contribution in [1.82, 2.24) is 0 Å². The molecule has 0 radical (unpaired) electrons. The van der Waals surface area contributed by atoms with E-state index in [0.717, 1.165) is 6.07 Å². The highest BCUT2D eigenvalue weighted by Gasteiger charge is 2.34. The first-order valence-electron chi connectivity index (χ1n) is 7.61. The minimum absolute atomic E-state index is 0.0611. The third-order valence-corrected chi connectivity index (χ3v) is 4.29. The van der Waals surface area contributed by atoms with Crippen LogP contribution in [0.25, 0.3) is 33.1 Å². The van der Waals surface area contributed by atoms with Crippen LogP contribution in [0.4, 0.5) is 13.2 Å². The first-order chi connectivity index (χ1) is 12.7. The molecule has 0 fully saturated rings. The van der Waals surface area contributed by atoms with Gasteiger partial charge in [0.1, 0.15) is 11.2 Å². The summed E-state index contributed by atoms with van der Waals surface area (Å²) in [6.45, 7) is 0. The van der Waals surface area contributed by atoms with Crippen molar-refractivity contribution in [3.05, 3.63) is 80.0 Å². The molecule has 0 spiro atoms. The van der Waals surface area contributed by atoms with Crippen molar-refractivity contribution in [2.24, 2.45) is 0 Å². The lowest BCUT2D eigenvalue weighted by Gasteiger charge is -2.10. The zero-order valence-corrected chi connectivity index (χ0v) is 14.0. The Morgan fingerprint density at radius 1 is 0.852 bits per heavy atom. The molecule has 2 aromatic carbocycles. The van der Waals surface area contributed by atoms with E-state index in [9.17, 15) is 22.8 Å². The molecule has 0 amide bonds. The predicted octanol–water partition coefficient (Wildman–Crippen LogP) is 5.24. The Labute approximate surface area is 153 Å².